The number of aliphatic hydroxyl groups is 1. The van der Waals surface area contributed by atoms with Crippen LogP contribution in [0.15, 0.2) is 0 Å². The monoisotopic (exact) mass is 158 g/mol. The molecule has 58 valence electrons. The van der Waals surface area contributed by atoms with E-state index in [4.69, 9.17) is 12.7 Å². The Labute approximate surface area is 66.3 Å². The quantitative estimate of drug-likeness (QED) is 0.479. The second-order valence-electron chi connectivity index (χ2n) is 3.67. The zero-order valence-corrected chi connectivity index (χ0v) is 8.15. The number of hydrogen-bond donors (Lipinski definition) is 1. The van der Waals surface area contributed by atoms with E-state index < -0.39 is 7.80 Å². The summed E-state index contributed by atoms with van der Waals surface area (Å²) in [6.45, 7) is 8.12. The second-order valence-corrected chi connectivity index (χ2v) is 6.32. The topological polar surface area (TPSA) is 20.2 Å². The van der Waals surface area contributed by atoms with E-state index in [1.165, 1.54) is 0 Å². The zero-order valence-electron chi connectivity index (χ0n) is 7.26. The van der Waals surface area contributed by atoms with Crippen molar-refractivity contribution in [3.05, 3.63) is 0 Å². The van der Waals surface area contributed by atoms with E-state index in [1.807, 2.05) is 0 Å². The van der Waals surface area contributed by atoms with Crippen molar-refractivity contribution < 1.29 is 5.11 Å². The van der Waals surface area contributed by atoms with E-state index in [-0.39, 0.29) is 11.3 Å². The van der Waals surface area contributed by atoms with Crippen LogP contribution < -0.4 is 0 Å². The van der Waals surface area contributed by atoms with Crippen LogP contribution in [0, 0.1) is 0 Å². The number of rotatable bonds is 2. The summed E-state index contributed by atoms with van der Waals surface area (Å²) in [5, 5.41) is 9.20. The lowest BCUT2D eigenvalue weighted by Crippen LogP contribution is -2.18. The Morgan fingerprint density at radius 3 is 2.00 bits per heavy atom. The van der Waals surface area contributed by atoms with Crippen molar-refractivity contribution in [2.75, 3.05) is 6.16 Å². The lowest BCUT2D eigenvalue weighted by molar-refractivity contribution is 0.219. The van der Waals surface area contributed by atoms with Crippen molar-refractivity contribution in [2.24, 2.45) is 0 Å². The Bertz CT molecular complexity index is 98.3. The molecular formula is C7H16BOP. The zero-order chi connectivity index (χ0) is 8.36. The molecule has 2 radical (unpaired) electrons. The van der Waals surface area contributed by atoms with Crippen LogP contribution in [0.25, 0.3) is 0 Å². The maximum Gasteiger partial charge on any atom is 0.109 e. The smallest absolute Gasteiger partial charge is 0.109 e. The third-order valence-corrected chi connectivity index (χ3v) is 3.97. The second kappa shape index (κ2) is 3.73. The molecule has 1 nitrogen and oxygen atoms in total. The van der Waals surface area contributed by atoms with Crippen LogP contribution in [0.1, 0.15) is 27.7 Å². The summed E-state index contributed by atoms with van der Waals surface area (Å²) in [5.41, 5.74) is 0. The Morgan fingerprint density at radius 2 is 1.90 bits per heavy atom. The van der Waals surface area contributed by atoms with Gasteiger partial charge in [0.05, 0.1) is 6.10 Å². The molecule has 0 bridgehead atoms. The molecule has 2 unspecified atom stereocenters. The third-order valence-electron chi connectivity index (χ3n) is 1.32. The first-order chi connectivity index (χ1) is 4.34. The summed E-state index contributed by atoms with van der Waals surface area (Å²) in [6.07, 6.45) is 0.495. The molecule has 10 heavy (non-hydrogen) atoms. The molecular weight excluding hydrogens is 142 g/mol. The third kappa shape index (κ3) is 4.30. The van der Waals surface area contributed by atoms with Crippen molar-refractivity contribution in [3.63, 3.8) is 0 Å². The van der Waals surface area contributed by atoms with Gasteiger partial charge in [0.2, 0.25) is 0 Å². The molecule has 0 aliphatic rings. The van der Waals surface area contributed by atoms with Crippen molar-refractivity contribution in [1.82, 2.24) is 0 Å². The van der Waals surface area contributed by atoms with Gasteiger partial charge in [-0.1, -0.05) is 20.8 Å². The van der Waals surface area contributed by atoms with Gasteiger partial charge in [-0.3, -0.25) is 0 Å². The minimum absolute atomic E-state index is 0.173. The van der Waals surface area contributed by atoms with Gasteiger partial charge in [0, 0.05) is 0 Å². The molecule has 1 N–H and O–H groups in total. The van der Waals surface area contributed by atoms with Gasteiger partial charge >= 0.3 is 0 Å². The van der Waals surface area contributed by atoms with Crippen LogP contribution in [0.3, 0.4) is 0 Å². The largest absolute Gasteiger partial charge is 0.393 e. The Balaban J connectivity index is 3.73. The lowest BCUT2D eigenvalue weighted by atomic mass is 10.3. The standard InChI is InChI=1S/C7H16BOP/c1-6(9)5-10(8)7(2,3)4/h6,9H,5H2,1-4H3. The maximum atomic E-state index is 9.02. The average molecular weight is 158 g/mol. The number of aliphatic hydroxyl groups excluding tert-OH is 1. The van der Waals surface area contributed by atoms with Gasteiger partial charge in [0.1, 0.15) is 7.57 Å². The summed E-state index contributed by atoms with van der Waals surface area (Å²) in [5.74, 6) is 0. The lowest BCUT2D eigenvalue weighted by Gasteiger charge is -2.29. The summed E-state index contributed by atoms with van der Waals surface area (Å²) in [6, 6.07) is 0. The van der Waals surface area contributed by atoms with Crippen molar-refractivity contribution >= 4 is 15.4 Å². The van der Waals surface area contributed by atoms with Gasteiger partial charge in [-0.25, -0.2) is 0 Å². The Kier molecular flexibility index (Phi) is 3.90. The molecule has 0 aliphatic carbocycles. The molecule has 2 atom stereocenters. The number of hydrogen-bond acceptors (Lipinski definition) is 1. The molecule has 0 rings (SSSR count). The van der Waals surface area contributed by atoms with Gasteiger partial charge in [0.25, 0.3) is 0 Å². The molecule has 0 saturated heterocycles. The normalized spacial score (nSPS) is 18.5. The van der Waals surface area contributed by atoms with Gasteiger partial charge < -0.3 is 5.11 Å². The fourth-order valence-corrected chi connectivity index (χ4v) is 1.68. The van der Waals surface area contributed by atoms with Gasteiger partial charge in [-0.05, 0) is 18.2 Å². The fraction of sp³-hybridized carbons (Fsp3) is 1.00. The van der Waals surface area contributed by atoms with Crippen LogP contribution in [0.2, 0.25) is 0 Å². The highest BCUT2D eigenvalue weighted by molar-refractivity contribution is 7.83. The molecule has 3 heteroatoms. The molecule has 0 aromatic carbocycles. The van der Waals surface area contributed by atoms with Crippen LogP contribution in [-0.4, -0.2) is 30.1 Å². The van der Waals surface area contributed by atoms with E-state index in [9.17, 15) is 0 Å². The Hall–Kier alpha value is 0.455. The first kappa shape index (κ1) is 10.5. The molecule has 0 aromatic heterocycles. The SMILES string of the molecule is [B]P(CC(C)O)C(C)(C)C. The van der Waals surface area contributed by atoms with Crippen molar-refractivity contribution in [3.8, 4) is 0 Å². The predicted molar refractivity (Wildman–Crippen MR) is 49.0 cm³/mol. The summed E-state index contributed by atoms with van der Waals surface area (Å²) in [4.78, 5) is 0. The summed E-state index contributed by atoms with van der Waals surface area (Å²) >= 11 is 0. The summed E-state index contributed by atoms with van der Waals surface area (Å²) < 4.78 is 0. The fourth-order valence-electron chi connectivity index (χ4n) is 0.559. The minimum Gasteiger partial charge on any atom is -0.393 e. The van der Waals surface area contributed by atoms with Crippen LogP contribution in [0.5, 0.6) is 0 Å². The van der Waals surface area contributed by atoms with E-state index in [0.29, 0.717) is 0 Å². The van der Waals surface area contributed by atoms with E-state index in [2.05, 4.69) is 20.8 Å². The highest BCUT2D eigenvalue weighted by Gasteiger charge is 2.19. The minimum atomic E-state index is -0.511. The molecule has 0 amide bonds. The molecule has 0 fully saturated rings. The van der Waals surface area contributed by atoms with Gasteiger partial charge in [-0.2, -0.15) is 0 Å². The maximum absolute atomic E-state index is 9.02. The van der Waals surface area contributed by atoms with Crippen LogP contribution >= 0.6 is 7.80 Å². The molecule has 0 spiro atoms. The molecule has 0 aromatic rings. The van der Waals surface area contributed by atoms with Crippen molar-refractivity contribution in [2.45, 2.75) is 39.0 Å². The highest BCUT2D eigenvalue weighted by Crippen LogP contribution is 2.44. The highest BCUT2D eigenvalue weighted by atomic mass is 31.1. The van der Waals surface area contributed by atoms with E-state index >= 15 is 0 Å². The van der Waals surface area contributed by atoms with E-state index in [1.54, 1.807) is 6.92 Å². The Morgan fingerprint density at radius 1 is 1.50 bits per heavy atom. The molecule has 0 heterocycles. The average Bonchev–Trinajstić information content (AvgIpc) is 1.60. The first-order valence-electron chi connectivity index (χ1n) is 3.54. The van der Waals surface area contributed by atoms with E-state index in [0.717, 1.165) is 6.16 Å². The molecule has 0 aliphatic heterocycles. The first-order valence-corrected chi connectivity index (χ1v) is 5.14. The summed E-state index contributed by atoms with van der Waals surface area (Å²) in [7, 11) is 5.35. The predicted octanol–water partition coefficient (Wildman–Crippen LogP) is 1.73. The van der Waals surface area contributed by atoms with Crippen LogP contribution in [-0.2, 0) is 0 Å². The molecule has 0 saturated carbocycles. The van der Waals surface area contributed by atoms with Gasteiger partial charge in [-0.15, -0.1) is 7.80 Å². The van der Waals surface area contributed by atoms with Gasteiger partial charge in [0.15, 0.2) is 0 Å². The van der Waals surface area contributed by atoms with Crippen LogP contribution in [0.4, 0.5) is 0 Å². The van der Waals surface area contributed by atoms with Crippen molar-refractivity contribution in [1.29, 1.82) is 0 Å².